The van der Waals surface area contributed by atoms with Crippen LogP contribution in [0.5, 0.6) is 0 Å². The Morgan fingerprint density at radius 2 is 1.64 bits per heavy atom. The topological polar surface area (TPSA) is 75.7 Å². The Hall–Kier alpha value is -3.93. The van der Waals surface area contributed by atoms with Gasteiger partial charge < -0.3 is 15.0 Å². The van der Waals surface area contributed by atoms with Gasteiger partial charge in [0.25, 0.3) is 11.8 Å². The fourth-order valence-electron chi connectivity index (χ4n) is 4.84. The third-order valence-electron chi connectivity index (χ3n) is 6.81. The van der Waals surface area contributed by atoms with Gasteiger partial charge in [0.15, 0.2) is 0 Å². The maximum absolute atomic E-state index is 13.2. The molecule has 2 atom stereocenters. The first kappa shape index (κ1) is 25.2. The number of anilines is 1. The number of hydrogen-bond donors (Lipinski definition) is 1. The molecule has 1 N–H and O–H groups in total. The Morgan fingerprint density at radius 1 is 0.972 bits per heavy atom. The largest absolute Gasteiger partial charge is 0.467 e. The van der Waals surface area contributed by atoms with E-state index in [0.29, 0.717) is 23.2 Å². The molecule has 36 heavy (non-hydrogen) atoms. The number of aryl methyl sites for hydroxylation is 1. The number of carbonyl (C=O) groups is 3. The van der Waals surface area contributed by atoms with Crippen LogP contribution in [0.4, 0.5) is 5.69 Å². The zero-order chi connectivity index (χ0) is 25.8. The summed E-state index contributed by atoms with van der Waals surface area (Å²) in [4.78, 5) is 39.8. The summed E-state index contributed by atoms with van der Waals surface area (Å²) in [6, 6.07) is 20.2. The van der Waals surface area contributed by atoms with Crippen LogP contribution < -0.4 is 5.32 Å². The summed E-state index contributed by atoms with van der Waals surface area (Å²) >= 11 is 0. The third kappa shape index (κ3) is 4.89. The monoisotopic (exact) mass is 484 g/mol. The summed E-state index contributed by atoms with van der Waals surface area (Å²) in [5, 5.41) is 2.94. The maximum atomic E-state index is 13.2. The van der Waals surface area contributed by atoms with Gasteiger partial charge in [0.05, 0.1) is 13.2 Å². The molecule has 2 amide bonds. The van der Waals surface area contributed by atoms with Crippen LogP contribution in [0.1, 0.15) is 71.5 Å². The van der Waals surface area contributed by atoms with E-state index in [1.54, 1.807) is 4.90 Å². The molecule has 1 heterocycles. The molecule has 3 aromatic rings. The molecule has 0 radical (unpaired) electrons. The fraction of sp³-hybridized carbons (Fsp3) is 0.300. The number of fused-ring (bicyclic) bond motifs is 1. The molecule has 0 saturated heterocycles. The predicted octanol–water partition coefficient (Wildman–Crippen LogP) is 6.03. The first-order chi connectivity index (χ1) is 17.4. The summed E-state index contributed by atoms with van der Waals surface area (Å²) < 4.78 is 4.92. The van der Waals surface area contributed by atoms with Crippen molar-refractivity contribution >= 4 is 23.5 Å². The van der Waals surface area contributed by atoms with Crippen molar-refractivity contribution in [3.8, 4) is 11.1 Å². The smallest absolute Gasteiger partial charge is 0.328 e. The lowest BCUT2D eigenvalue weighted by molar-refractivity contribution is -0.146. The van der Waals surface area contributed by atoms with E-state index in [-0.39, 0.29) is 17.9 Å². The molecule has 4 rings (SSSR count). The Morgan fingerprint density at radius 3 is 2.25 bits per heavy atom. The van der Waals surface area contributed by atoms with Crippen LogP contribution in [0.25, 0.3) is 11.1 Å². The van der Waals surface area contributed by atoms with Crippen LogP contribution in [0, 0.1) is 0 Å². The molecule has 0 saturated carbocycles. The number of nitrogens with zero attached hydrogens (tertiary/aromatic N) is 1. The van der Waals surface area contributed by atoms with Crippen LogP contribution in [-0.4, -0.2) is 35.8 Å². The Bertz CT molecular complexity index is 1270. The van der Waals surface area contributed by atoms with Gasteiger partial charge in [0, 0.05) is 16.8 Å². The van der Waals surface area contributed by atoms with E-state index in [2.05, 4.69) is 12.2 Å². The van der Waals surface area contributed by atoms with E-state index in [4.69, 9.17) is 4.74 Å². The second-order valence-corrected chi connectivity index (χ2v) is 9.12. The van der Waals surface area contributed by atoms with E-state index in [9.17, 15) is 14.4 Å². The van der Waals surface area contributed by atoms with Crippen LogP contribution >= 0.6 is 0 Å². The first-order valence-electron chi connectivity index (χ1n) is 12.4. The highest BCUT2D eigenvalue weighted by molar-refractivity contribution is 6.04. The number of carbonyl (C=O) groups excluding carboxylic acids is 3. The van der Waals surface area contributed by atoms with E-state index < -0.39 is 12.0 Å². The van der Waals surface area contributed by atoms with Crippen LogP contribution in [-0.2, 0) is 16.0 Å². The van der Waals surface area contributed by atoms with E-state index >= 15 is 0 Å². The molecule has 1 aliphatic heterocycles. The maximum Gasteiger partial charge on any atom is 0.328 e. The molecule has 0 aromatic heterocycles. The molecular formula is C30H32N2O4. The second-order valence-electron chi connectivity index (χ2n) is 9.12. The highest BCUT2D eigenvalue weighted by Crippen LogP contribution is 2.38. The number of rotatable bonds is 8. The number of esters is 1. The molecule has 6 heteroatoms. The lowest BCUT2D eigenvalue weighted by Gasteiger charge is -2.29. The van der Waals surface area contributed by atoms with E-state index in [1.165, 1.54) is 12.7 Å². The fourth-order valence-corrected chi connectivity index (χ4v) is 4.84. The molecule has 186 valence electrons. The van der Waals surface area contributed by atoms with Gasteiger partial charge in [-0.25, -0.2) is 4.79 Å². The Kier molecular flexibility index (Phi) is 7.53. The SMILES string of the molecule is CCCc1ccc(C(=O)Nc2ccc(-c3ccc4c(c3)C(=O)N([C@@H](CC)C(=O)OC)[C@H]4C)cc2)cc1. The highest BCUT2D eigenvalue weighted by Gasteiger charge is 2.41. The second kappa shape index (κ2) is 10.8. The highest BCUT2D eigenvalue weighted by atomic mass is 16.5. The molecule has 0 bridgehead atoms. The molecule has 1 aliphatic rings. The van der Waals surface area contributed by atoms with Crippen molar-refractivity contribution in [3.63, 3.8) is 0 Å². The standard InChI is InChI=1S/C30H32N2O4/c1-5-7-20-8-10-22(11-9-20)28(33)31-24-15-12-21(13-16-24)23-14-17-25-19(3)32(29(34)26(25)18-23)27(6-2)30(35)36-4/h8-19,27H,5-7H2,1-4H3,(H,31,33)/t19-,27-/m0/s1. The van der Waals surface area contributed by atoms with Gasteiger partial charge in [-0.2, -0.15) is 0 Å². The van der Waals surface area contributed by atoms with Gasteiger partial charge in [-0.3, -0.25) is 9.59 Å². The van der Waals surface area contributed by atoms with Crippen LogP contribution in [0.15, 0.2) is 66.7 Å². The Balaban J connectivity index is 1.50. The van der Waals surface area contributed by atoms with Crippen molar-refractivity contribution < 1.29 is 19.1 Å². The first-order valence-corrected chi connectivity index (χ1v) is 12.4. The minimum Gasteiger partial charge on any atom is -0.467 e. The van der Waals surface area contributed by atoms with E-state index in [1.807, 2.05) is 80.6 Å². The average Bonchev–Trinajstić information content (AvgIpc) is 3.14. The molecule has 0 unspecified atom stereocenters. The van der Waals surface area contributed by atoms with Gasteiger partial charge in [-0.15, -0.1) is 0 Å². The number of nitrogens with one attached hydrogen (secondary N) is 1. The van der Waals surface area contributed by atoms with Crippen molar-refractivity contribution in [2.75, 3.05) is 12.4 Å². The van der Waals surface area contributed by atoms with Gasteiger partial charge in [0.2, 0.25) is 0 Å². The van der Waals surface area contributed by atoms with Gasteiger partial charge in [0.1, 0.15) is 6.04 Å². The summed E-state index contributed by atoms with van der Waals surface area (Å²) in [5.41, 5.74) is 5.87. The van der Waals surface area contributed by atoms with E-state index in [0.717, 1.165) is 29.5 Å². The van der Waals surface area contributed by atoms with Crippen LogP contribution in [0.3, 0.4) is 0 Å². The summed E-state index contributed by atoms with van der Waals surface area (Å²) in [5.74, 6) is -0.718. The number of ether oxygens (including phenoxy) is 1. The van der Waals surface area contributed by atoms with Gasteiger partial charge >= 0.3 is 5.97 Å². The lowest BCUT2D eigenvalue weighted by Crippen LogP contribution is -2.43. The lowest BCUT2D eigenvalue weighted by atomic mass is 9.98. The molecule has 6 nitrogen and oxygen atoms in total. The number of amides is 2. The van der Waals surface area contributed by atoms with Crippen LogP contribution in [0.2, 0.25) is 0 Å². The zero-order valence-electron chi connectivity index (χ0n) is 21.2. The van der Waals surface area contributed by atoms with Gasteiger partial charge in [-0.1, -0.05) is 56.7 Å². The summed E-state index contributed by atoms with van der Waals surface area (Å²) in [7, 11) is 1.34. The minimum absolute atomic E-state index is 0.154. The van der Waals surface area contributed by atoms with Crippen molar-refractivity contribution in [2.24, 2.45) is 0 Å². The predicted molar refractivity (Wildman–Crippen MR) is 141 cm³/mol. The zero-order valence-corrected chi connectivity index (χ0v) is 21.2. The van der Waals surface area contributed by atoms with Crippen molar-refractivity contribution in [2.45, 2.75) is 52.1 Å². The molecule has 0 aliphatic carbocycles. The molecular weight excluding hydrogens is 452 g/mol. The minimum atomic E-state index is -0.612. The molecule has 0 spiro atoms. The summed E-state index contributed by atoms with van der Waals surface area (Å²) in [6.45, 7) is 5.94. The normalized spacial score (nSPS) is 15.4. The number of methoxy groups -OCH3 is 1. The van der Waals surface area contributed by atoms with Gasteiger partial charge in [-0.05, 0) is 72.4 Å². The third-order valence-corrected chi connectivity index (χ3v) is 6.81. The van der Waals surface area contributed by atoms with Crippen molar-refractivity contribution in [1.29, 1.82) is 0 Å². The quantitative estimate of drug-likeness (QED) is 0.396. The molecule has 0 fully saturated rings. The average molecular weight is 485 g/mol. The molecule has 3 aromatic carbocycles. The number of benzene rings is 3. The number of hydrogen-bond acceptors (Lipinski definition) is 4. The Labute approximate surface area is 212 Å². The van der Waals surface area contributed by atoms with Crippen molar-refractivity contribution in [1.82, 2.24) is 4.90 Å². The summed E-state index contributed by atoms with van der Waals surface area (Å²) in [6.07, 6.45) is 2.55. The van der Waals surface area contributed by atoms with Crippen molar-refractivity contribution in [3.05, 3.63) is 89.0 Å².